The minimum Gasteiger partial charge on any atom is -0.194 e. The highest BCUT2D eigenvalue weighted by atomic mass is 16.1. The van der Waals surface area contributed by atoms with Gasteiger partial charge in [-0.15, -0.1) is 38.4 Å². The second kappa shape index (κ2) is 8.59. The van der Waals surface area contributed by atoms with Crippen LogP contribution < -0.4 is 10.7 Å². The summed E-state index contributed by atoms with van der Waals surface area (Å²) in [4.78, 5) is 0. The van der Waals surface area contributed by atoms with Crippen molar-refractivity contribution in [1.29, 1.82) is 0 Å². The number of hydrazine groups is 4. The molecular formula is C16H14N16. The van der Waals surface area contributed by atoms with E-state index in [0.29, 0.717) is 0 Å². The number of rotatable bonds is 3. The lowest BCUT2D eigenvalue weighted by atomic mass is 10.4. The Morgan fingerprint density at radius 2 is 2.09 bits per heavy atom. The van der Waals surface area contributed by atoms with E-state index in [1.165, 1.54) is 36.4 Å². The van der Waals surface area contributed by atoms with Crippen LogP contribution in [0.2, 0.25) is 0 Å². The van der Waals surface area contributed by atoms with Crippen LogP contribution >= 0.6 is 0 Å². The minimum absolute atomic E-state index is 0.0410. The van der Waals surface area contributed by atoms with Crippen molar-refractivity contribution in [3.63, 3.8) is 0 Å². The maximum Gasteiger partial charge on any atom is 0.290 e. The smallest absolute Gasteiger partial charge is 0.194 e. The fraction of sp³-hybridized carbons (Fsp3) is 0.250. The first-order valence-electron chi connectivity index (χ1n) is 8.87. The monoisotopic (exact) mass is 430 g/mol. The number of hydrogen-bond acceptors (Lipinski definition) is 14. The summed E-state index contributed by atoms with van der Waals surface area (Å²) >= 11 is 0. The van der Waals surface area contributed by atoms with Crippen LogP contribution in [0.5, 0.6) is 0 Å². The molecule has 0 aliphatic carbocycles. The number of H-pyrrole nitrogens is 1. The van der Waals surface area contributed by atoms with Gasteiger partial charge in [0.1, 0.15) is 18.9 Å². The topological polar surface area (TPSA) is 151 Å². The van der Waals surface area contributed by atoms with Gasteiger partial charge in [-0.1, -0.05) is 33.1 Å². The average Bonchev–Trinajstić information content (AvgIpc) is 3.58. The number of hydrazone groups is 2. The van der Waals surface area contributed by atoms with Gasteiger partial charge < -0.3 is 0 Å². The third-order valence-electron chi connectivity index (χ3n) is 3.89. The molecule has 1 atom stereocenters. The highest BCUT2D eigenvalue weighted by Gasteiger charge is 2.41. The lowest BCUT2D eigenvalue weighted by Crippen LogP contribution is -2.54. The van der Waals surface area contributed by atoms with Crippen molar-refractivity contribution in [2.24, 2.45) is 10.2 Å². The zero-order valence-electron chi connectivity index (χ0n) is 16.8. The Labute approximate surface area is 181 Å². The second-order valence-corrected chi connectivity index (χ2v) is 5.84. The molecule has 0 bridgehead atoms. The van der Waals surface area contributed by atoms with E-state index in [0.717, 1.165) is 0 Å². The Morgan fingerprint density at radius 1 is 1.22 bits per heavy atom. The maximum absolute atomic E-state index is 5.61. The lowest BCUT2D eigenvalue weighted by molar-refractivity contribution is 0.0830. The van der Waals surface area contributed by atoms with Crippen LogP contribution in [0.4, 0.5) is 5.95 Å². The summed E-state index contributed by atoms with van der Waals surface area (Å²) < 4.78 is 1.41. The summed E-state index contributed by atoms with van der Waals surface area (Å²) in [5, 5.41) is 41.0. The predicted molar refractivity (Wildman–Crippen MR) is 108 cm³/mol. The fourth-order valence-electron chi connectivity index (χ4n) is 2.50. The summed E-state index contributed by atoms with van der Waals surface area (Å²) in [5.74, 6) is 11.3. The molecule has 16 nitrogen and oxygen atoms in total. The van der Waals surface area contributed by atoms with Crippen molar-refractivity contribution in [3.05, 3.63) is 5.82 Å². The molecule has 2 aliphatic rings. The average molecular weight is 430 g/mol. The van der Waals surface area contributed by atoms with Crippen molar-refractivity contribution in [2.75, 3.05) is 11.7 Å². The predicted octanol–water partition coefficient (Wildman–Crippen LogP) is -2.49. The Hall–Kier alpha value is -5.32. The number of aromatic nitrogens is 8. The van der Waals surface area contributed by atoms with Crippen molar-refractivity contribution >= 4 is 18.2 Å². The highest BCUT2D eigenvalue weighted by Crippen LogP contribution is 2.24. The molecule has 32 heavy (non-hydrogen) atoms. The molecule has 4 rings (SSSR count). The van der Waals surface area contributed by atoms with Gasteiger partial charge in [-0.2, -0.15) is 25.4 Å². The van der Waals surface area contributed by atoms with E-state index in [-0.39, 0.29) is 24.3 Å². The molecular weight excluding hydrogens is 416 g/mol. The van der Waals surface area contributed by atoms with Gasteiger partial charge in [-0.25, -0.2) is 0 Å². The lowest BCUT2D eigenvalue weighted by Gasteiger charge is -2.30. The summed E-state index contributed by atoms with van der Waals surface area (Å²) in [5.41, 5.74) is 2.77. The number of aromatic amines is 1. The quantitative estimate of drug-likeness (QED) is 0.496. The van der Waals surface area contributed by atoms with Crippen molar-refractivity contribution in [1.82, 2.24) is 66.6 Å². The largest absolute Gasteiger partial charge is 0.290 e. The molecule has 158 valence electrons. The number of anilines is 1. The molecule has 0 fully saturated rings. The molecule has 0 aromatic carbocycles. The van der Waals surface area contributed by atoms with Gasteiger partial charge >= 0.3 is 0 Å². The molecule has 4 heterocycles. The maximum atomic E-state index is 5.61. The molecule has 2 N–H and O–H groups in total. The highest BCUT2D eigenvalue weighted by molar-refractivity contribution is 5.85. The zero-order valence-corrected chi connectivity index (χ0v) is 16.8. The number of nitrogens with one attached hydrogen (secondary N) is 2. The van der Waals surface area contributed by atoms with Crippen LogP contribution in [-0.2, 0) is 0 Å². The normalized spacial score (nSPS) is 15.8. The standard InChI is InChI=1S/C16H14N16/c1-5-9-27-12-17-25-32(27)16-21-31(15-20-24-26-30(15)13(4)7-3)29(10-6-2)28(16)11-8-14-18-22-23-19-14/h2-3,12-13,25H,10H2,1,4H3,(H,18,19,22,23). The van der Waals surface area contributed by atoms with Gasteiger partial charge in [-0.3, -0.25) is 0 Å². The Balaban J connectivity index is 1.80. The van der Waals surface area contributed by atoms with E-state index in [4.69, 9.17) is 12.8 Å². The number of hydrogen-bond donors (Lipinski definition) is 2. The Morgan fingerprint density at radius 3 is 2.81 bits per heavy atom. The Bertz CT molecular complexity index is 1240. The van der Waals surface area contributed by atoms with Crippen LogP contribution in [0.25, 0.3) is 0 Å². The Kier molecular flexibility index (Phi) is 5.36. The second-order valence-electron chi connectivity index (χ2n) is 5.84. The third-order valence-corrected chi connectivity index (χ3v) is 3.89. The van der Waals surface area contributed by atoms with E-state index in [1.807, 2.05) is 0 Å². The SMILES string of the molecule is C#CCN1N(C#Cc2nn[nH]n2)C(N2NN=CN2C#CC)=NN1c1nnnn1C(C)C#C. The van der Waals surface area contributed by atoms with Gasteiger partial charge in [-0.05, 0) is 29.5 Å². The molecule has 0 spiro atoms. The minimum atomic E-state index is -0.457. The number of guanidine groups is 1. The number of nitrogens with zero attached hydrogens (tertiary/aromatic N) is 14. The van der Waals surface area contributed by atoms with Crippen LogP contribution in [-0.4, -0.2) is 79.9 Å². The van der Waals surface area contributed by atoms with Crippen molar-refractivity contribution in [2.45, 2.75) is 19.9 Å². The summed E-state index contributed by atoms with van der Waals surface area (Å²) in [6.45, 7) is 3.48. The summed E-state index contributed by atoms with van der Waals surface area (Å²) in [6, 6.07) is 5.28. The number of tetrazole rings is 2. The van der Waals surface area contributed by atoms with E-state index in [2.05, 4.69) is 87.7 Å². The first-order valence-corrected chi connectivity index (χ1v) is 8.87. The van der Waals surface area contributed by atoms with Gasteiger partial charge in [0.25, 0.3) is 11.9 Å². The fourth-order valence-corrected chi connectivity index (χ4v) is 2.50. The van der Waals surface area contributed by atoms with Crippen molar-refractivity contribution < 1.29 is 0 Å². The van der Waals surface area contributed by atoms with Gasteiger partial charge in [0.05, 0.1) is 0 Å². The molecule has 2 aromatic heterocycles. The summed E-state index contributed by atoms with van der Waals surface area (Å²) in [7, 11) is 0. The van der Waals surface area contributed by atoms with E-state index in [1.54, 1.807) is 13.8 Å². The van der Waals surface area contributed by atoms with Crippen LogP contribution in [0, 0.1) is 48.6 Å². The van der Waals surface area contributed by atoms with Gasteiger partial charge in [0.15, 0.2) is 0 Å². The molecule has 2 aromatic rings. The third kappa shape index (κ3) is 3.52. The first-order chi connectivity index (χ1) is 15.7. The first kappa shape index (κ1) is 20.0. The molecule has 0 saturated heterocycles. The molecule has 16 heteroatoms. The van der Waals surface area contributed by atoms with Crippen molar-refractivity contribution in [3.8, 4) is 48.6 Å². The van der Waals surface area contributed by atoms with Gasteiger partial charge in [0, 0.05) is 18.0 Å². The van der Waals surface area contributed by atoms with Gasteiger partial charge in [0.2, 0.25) is 5.82 Å². The van der Waals surface area contributed by atoms with Crippen LogP contribution in [0.3, 0.4) is 0 Å². The summed E-state index contributed by atoms with van der Waals surface area (Å²) in [6.07, 6.45) is 12.6. The number of terminal acetylenes is 2. The van der Waals surface area contributed by atoms with Crippen LogP contribution in [0.1, 0.15) is 25.7 Å². The van der Waals surface area contributed by atoms with E-state index < -0.39 is 6.04 Å². The molecule has 0 radical (unpaired) electrons. The van der Waals surface area contributed by atoms with E-state index >= 15 is 0 Å². The van der Waals surface area contributed by atoms with Crippen LogP contribution in [0.15, 0.2) is 10.2 Å². The molecule has 0 amide bonds. The molecule has 2 aliphatic heterocycles. The molecule has 0 saturated carbocycles. The van der Waals surface area contributed by atoms with E-state index in [9.17, 15) is 0 Å². The zero-order chi connectivity index (χ0) is 22.5. The molecule has 1 unspecified atom stereocenters.